The van der Waals surface area contributed by atoms with Crippen molar-refractivity contribution in [1.82, 2.24) is 4.98 Å². The van der Waals surface area contributed by atoms with Crippen LogP contribution in [0.25, 0.3) is 0 Å². The van der Waals surface area contributed by atoms with E-state index in [0.29, 0.717) is 6.61 Å². The van der Waals surface area contributed by atoms with Gasteiger partial charge in [-0.1, -0.05) is 0 Å². The Morgan fingerprint density at radius 3 is 2.82 bits per heavy atom. The van der Waals surface area contributed by atoms with E-state index in [-0.39, 0.29) is 11.3 Å². The van der Waals surface area contributed by atoms with Crippen molar-refractivity contribution in [3.05, 3.63) is 24.0 Å². The zero-order chi connectivity index (χ0) is 12.5. The molecule has 5 heteroatoms. The molecule has 0 atom stereocenters. The van der Waals surface area contributed by atoms with Gasteiger partial charge in [0.15, 0.2) is 0 Å². The maximum atomic E-state index is 10.7. The van der Waals surface area contributed by atoms with Crippen molar-refractivity contribution in [2.45, 2.75) is 19.4 Å². The lowest BCUT2D eigenvalue weighted by Crippen LogP contribution is -2.48. The summed E-state index contributed by atoms with van der Waals surface area (Å²) in [5.41, 5.74) is 0.830. The van der Waals surface area contributed by atoms with Crippen LogP contribution < -0.4 is 4.90 Å². The molecule has 0 radical (unpaired) electrons. The highest BCUT2D eigenvalue weighted by atomic mass is 16.5. The summed E-state index contributed by atoms with van der Waals surface area (Å²) >= 11 is 0. The van der Waals surface area contributed by atoms with Crippen molar-refractivity contribution in [2.75, 3.05) is 24.6 Å². The molecule has 1 aliphatic heterocycles. The molecule has 0 bridgehead atoms. The van der Waals surface area contributed by atoms with E-state index in [9.17, 15) is 4.79 Å². The topological polar surface area (TPSA) is 62.7 Å². The average molecular weight is 236 g/mol. The summed E-state index contributed by atoms with van der Waals surface area (Å²) in [7, 11) is 0. The molecule has 0 aliphatic carbocycles. The molecule has 2 heterocycles. The second kappa shape index (κ2) is 4.33. The summed E-state index contributed by atoms with van der Waals surface area (Å²) < 4.78 is 5.62. The van der Waals surface area contributed by atoms with E-state index < -0.39 is 5.97 Å². The molecule has 1 fully saturated rings. The van der Waals surface area contributed by atoms with Gasteiger partial charge in [-0.05, 0) is 26.0 Å². The lowest BCUT2D eigenvalue weighted by molar-refractivity contribution is -0.0277. The number of aromatic carboxylic acids is 1. The fraction of sp³-hybridized carbons (Fsp3) is 0.500. The van der Waals surface area contributed by atoms with E-state index in [1.54, 1.807) is 12.3 Å². The Hall–Kier alpha value is -1.62. The predicted octanol–water partition coefficient (Wildman–Crippen LogP) is 1.40. The van der Waals surface area contributed by atoms with Crippen molar-refractivity contribution in [3.63, 3.8) is 0 Å². The molecule has 5 nitrogen and oxygen atoms in total. The second-order valence-electron chi connectivity index (χ2n) is 4.74. The normalized spacial score (nSPS) is 19.1. The number of anilines is 1. The molecule has 0 aromatic carbocycles. The monoisotopic (exact) mass is 236 g/mol. The van der Waals surface area contributed by atoms with Gasteiger partial charge < -0.3 is 14.7 Å². The minimum absolute atomic E-state index is 0.0706. The first-order valence-corrected chi connectivity index (χ1v) is 5.56. The zero-order valence-electron chi connectivity index (χ0n) is 10.0. The molecule has 0 saturated carbocycles. The third-order valence-electron chi connectivity index (χ3n) is 2.76. The van der Waals surface area contributed by atoms with Gasteiger partial charge in [-0.15, -0.1) is 0 Å². The molecular formula is C12H16N2O3. The van der Waals surface area contributed by atoms with Crippen LogP contribution in [-0.4, -0.2) is 41.4 Å². The molecule has 92 valence electrons. The Morgan fingerprint density at radius 1 is 1.53 bits per heavy atom. The lowest BCUT2D eigenvalue weighted by Gasteiger charge is -2.39. The minimum Gasteiger partial charge on any atom is -0.477 e. The number of pyridine rings is 1. The smallest absolute Gasteiger partial charge is 0.354 e. The van der Waals surface area contributed by atoms with Crippen LogP contribution in [0, 0.1) is 0 Å². The van der Waals surface area contributed by atoms with Gasteiger partial charge >= 0.3 is 5.97 Å². The Balaban J connectivity index is 2.14. The highest BCUT2D eigenvalue weighted by Gasteiger charge is 2.27. The fourth-order valence-electron chi connectivity index (χ4n) is 1.94. The summed E-state index contributed by atoms with van der Waals surface area (Å²) in [5.74, 6) is -1.00. The molecule has 1 aromatic heterocycles. The van der Waals surface area contributed by atoms with Crippen molar-refractivity contribution >= 4 is 11.7 Å². The summed E-state index contributed by atoms with van der Waals surface area (Å²) in [6, 6.07) is 3.32. The number of carboxylic acids is 1. The fourth-order valence-corrected chi connectivity index (χ4v) is 1.94. The molecule has 1 saturated heterocycles. The van der Waals surface area contributed by atoms with Gasteiger partial charge in [0, 0.05) is 13.1 Å². The third kappa shape index (κ3) is 2.74. The van der Waals surface area contributed by atoms with Crippen molar-refractivity contribution < 1.29 is 14.6 Å². The second-order valence-corrected chi connectivity index (χ2v) is 4.74. The van der Waals surface area contributed by atoms with Crippen molar-refractivity contribution in [1.29, 1.82) is 0 Å². The zero-order valence-corrected chi connectivity index (χ0v) is 10.0. The van der Waals surface area contributed by atoms with E-state index in [0.717, 1.165) is 18.8 Å². The molecule has 17 heavy (non-hydrogen) atoms. The van der Waals surface area contributed by atoms with Crippen LogP contribution in [0.3, 0.4) is 0 Å². The largest absolute Gasteiger partial charge is 0.477 e. The molecule has 0 amide bonds. The van der Waals surface area contributed by atoms with E-state index in [1.807, 2.05) is 13.8 Å². The SMILES string of the molecule is CC1(C)CN(c2ccc(C(=O)O)nc2)CCO1. The first-order valence-electron chi connectivity index (χ1n) is 5.56. The Kier molecular flexibility index (Phi) is 3.02. The Bertz CT molecular complexity index is 414. The van der Waals surface area contributed by atoms with Gasteiger partial charge in [-0.2, -0.15) is 0 Å². The molecule has 0 spiro atoms. The molecule has 1 aromatic rings. The predicted molar refractivity (Wildman–Crippen MR) is 63.4 cm³/mol. The number of nitrogens with zero attached hydrogens (tertiary/aromatic N) is 2. The van der Waals surface area contributed by atoms with E-state index in [1.165, 1.54) is 6.07 Å². The number of morpholine rings is 1. The van der Waals surface area contributed by atoms with Crippen molar-refractivity contribution in [2.24, 2.45) is 0 Å². The Morgan fingerprint density at radius 2 is 2.29 bits per heavy atom. The number of hydrogen-bond acceptors (Lipinski definition) is 4. The van der Waals surface area contributed by atoms with Crippen LogP contribution in [-0.2, 0) is 4.74 Å². The number of carboxylic acid groups (broad SMARTS) is 1. The van der Waals surface area contributed by atoms with Crippen molar-refractivity contribution in [3.8, 4) is 0 Å². The first kappa shape index (κ1) is 11.9. The summed E-state index contributed by atoms with van der Waals surface area (Å²) in [5, 5.41) is 8.77. The van der Waals surface area contributed by atoms with Crippen LogP contribution in [0.15, 0.2) is 18.3 Å². The quantitative estimate of drug-likeness (QED) is 0.840. The first-order chi connectivity index (χ1) is 7.98. The van der Waals surface area contributed by atoms with Crippen LogP contribution in [0.2, 0.25) is 0 Å². The molecule has 0 unspecified atom stereocenters. The van der Waals surface area contributed by atoms with Crippen LogP contribution in [0.1, 0.15) is 24.3 Å². The number of rotatable bonds is 2. The molecule has 1 aliphatic rings. The maximum Gasteiger partial charge on any atom is 0.354 e. The van der Waals surface area contributed by atoms with Gasteiger partial charge in [-0.3, -0.25) is 0 Å². The number of carbonyl (C=O) groups is 1. The minimum atomic E-state index is -1.00. The molecular weight excluding hydrogens is 220 g/mol. The molecule has 1 N–H and O–H groups in total. The van der Waals surface area contributed by atoms with Gasteiger partial charge in [0.05, 0.1) is 24.1 Å². The summed E-state index contributed by atoms with van der Waals surface area (Å²) in [6.07, 6.45) is 1.60. The summed E-state index contributed by atoms with van der Waals surface area (Å²) in [6.45, 7) is 6.34. The maximum absolute atomic E-state index is 10.7. The highest BCUT2D eigenvalue weighted by molar-refractivity contribution is 5.85. The van der Waals surface area contributed by atoms with E-state index >= 15 is 0 Å². The number of ether oxygens (including phenoxy) is 1. The van der Waals surface area contributed by atoms with Gasteiger partial charge in [0.25, 0.3) is 0 Å². The highest BCUT2D eigenvalue weighted by Crippen LogP contribution is 2.22. The van der Waals surface area contributed by atoms with Crippen LogP contribution >= 0.6 is 0 Å². The standard InChI is InChI=1S/C12H16N2O3/c1-12(2)8-14(5-6-17-12)9-3-4-10(11(15)16)13-7-9/h3-4,7H,5-6,8H2,1-2H3,(H,15,16). The van der Waals surface area contributed by atoms with E-state index in [2.05, 4.69) is 9.88 Å². The lowest BCUT2D eigenvalue weighted by atomic mass is 10.1. The molecule has 2 rings (SSSR count). The van der Waals surface area contributed by atoms with Gasteiger partial charge in [0.1, 0.15) is 5.69 Å². The Labute approximate surface area is 100 Å². The number of hydrogen-bond donors (Lipinski definition) is 1. The number of aromatic nitrogens is 1. The average Bonchev–Trinajstić information content (AvgIpc) is 2.28. The third-order valence-corrected chi connectivity index (χ3v) is 2.76. The van der Waals surface area contributed by atoms with Crippen LogP contribution in [0.4, 0.5) is 5.69 Å². The van der Waals surface area contributed by atoms with Gasteiger partial charge in [-0.25, -0.2) is 9.78 Å². The van der Waals surface area contributed by atoms with Crippen LogP contribution in [0.5, 0.6) is 0 Å². The van der Waals surface area contributed by atoms with E-state index in [4.69, 9.17) is 9.84 Å². The summed E-state index contributed by atoms with van der Waals surface area (Å²) in [4.78, 5) is 16.8. The van der Waals surface area contributed by atoms with Gasteiger partial charge in [0.2, 0.25) is 0 Å².